The number of amides is 10. The monoisotopic (exact) mass is 1070 g/mol. The Labute approximate surface area is 444 Å². The summed E-state index contributed by atoms with van der Waals surface area (Å²) in [6.45, 7) is 3.16. The molecular weight excluding hydrogens is 999 g/mol. The number of carbonyl (C=O) groups excluding carboxylic acids is 10. The zero-order valence-corrected chi connectivity index (χ0v) is 43.2. The van der Waals surface area contributed by atoms with Crippen molar-refractivity contribution in [1.82, 2.24) is 58.2 Å². The van der Waals surface area contributed by atoms with Gasteiger partial charge in [0.2, 0.25) is 59.1 Å². The summed E-state index contributed by atoms with van der Waals surface area (Å²) in [6, 6.07) is 4.29. The van der Waals surface area contributed by atoms with Gasteiger partial charge in [-0.3, -0.25) is 58.8 Å². The molecule has 1 aliphatic heterocycles. The summed E-state index contributed by atoms with van der Waals surface area (Å²) in [7, 11) is 0. The highest BCUT2D eigenvalue weighted by Gasteiger charge is 2.35. The molecule has 1 saturated heterocycles. The van der Waals surface area contributed by atoms with E-state index in [1.165, 1.54) is 6.92 Å². The molecule has 1 aliphatic rings. The molecule has 27 heteroatoms. The van der Waals surface area contributed by atoms with Gasteiger partial charge in [0.15, 0.2) is 11.9 Å². The molecule has 0 spiro atoms. The van der Waals surface area contributed by atoms with E-state index in [-0.39, 0.29) is 95.8 Å². The van der Waals surface area contributed by atoms with Crippen LogP contribution < -0.4 is 76.1 Å². The molecule has 0 saturated carbocycles. The van der Waals surface area contributed by atoms with Crippen LogP contribution in [0.15, 0.2) is 54.7 Å². The summed E-state index contributed by atoms with van der Waals surface area (Å²) in [4.78, 5) is 140. The van der Waals surface area contributed by atoms with E-state index < -0.39 is 114 Å². The molecule has 1 aromatic heterocycles. The molecule has 10 amide bonds. The van der Waals surface area contributed by atoms with Crippen LogP contribution in [-0.2, 0) is 60.8 Å². The van der Waals surface area contributed by atoms with Gasteiger partial charge in [-0.25, -0.2) is 0 Å². The first-order valence-corrected chi connectivity index (χ1v) is 25.3. The smallest absolute Gasteiger partial charge is 0.243 e. The van der Waals surface area contributed by atoms with Crippen molar-refractivity contribution in [2.75, 3.05) is 19.6 Å². The lowest BCUT2D eigenvalue weighted by Gasteiger charge is -2.28. The van der Waals surface area contributed by atoms with Crippen molar-refractivity contribution in [2.24, 2.45) is 22.9 Å². The number of primary amides is 2. The fourth-order valence-electron chi connectivity index (χ4n) is 8.48. The van der Waals surface area contributed by atoms with Crippen molar-refractivity contribution in [1.29, 1.82) is 10.8 Å². The number of aromatic nitrogens is 1. The van der Waals surface area contributed by atoms with Crippen LogP contribution >= 0.6 is 0 Å². The van der Waals surface area contributed by atoms with Crippen LogP contribution in [0.3, 0.4) is 0 Å². The molecule has 0 radical (unpaired) electrons. The lowest BCUT2D eigenvalue weighted by atomic mass is 9.99. The minimum Gasteiger partial charge on any atom is -0.370 e. The molecule has 0 unspecified atom stereocenters. The SMILES string of the molecule is CC(=O)N[C@@H](CCCNC(=N)N)C(=O)N[C@H]1CCC(=O)NCCC[C@@H](C(N)=O)NC(=O)[C@H](Cc2c[nH]c3ccccc23)NC(=O)[C@H](CCCNC(=N)N)NC(=O)[C@@H](Cc2ccccc2C)NC(=O)[C@H](CCC(N)=O)NC1=O. The fraction of sp³-hybridized carbons (Fsp3) is 0.480. The van der Waals surface area contributed by atoms with E-state index in [2.05, 4.69) is 58.2 Å². The van der Waals surface area contributed by atoms with E-state index in [1.54, 1.807) is 43.5 Å². The number of benzene rings is 2. The number of nitrogens with two attached hydrogens (primary N) is 4. The van der Waals surface area contributed by atoms with Crippen molar-refractivity contribution in [3.63, 3.8) is 0 Å². The number of hydrogen-bond acceptors (Lipinski definition) is 12. The minimum atomic E-state index is -1.60. The molecule has 0 bridgehead atoms. The molecule has 418 valence electrons. The quantitative estimate of drug-likeness (QED) is 0.0317. The van der Waals surface area contributed by atoms with Crippen molar-refractivity contribution in [3.05, 3.63) is 71.4 Å². The maximum absolute atomic E-state index is 14.7. The molecular formula is C50H73N17O10. The minimum absolute atomic E-state index is 0.0177. The van der Waals surface area contributed by atoms with Gasteiger partial charge in [-0.05, 0) is 81.0 Å². The van der Waals surface area contributed by atoms with Crippen molar-refractivity contribution in [2.45, 2.75) is 133 Å². The zero-order chi connectivity index (χ0) is 56.6. The Balaban J connectivity index is 1.80. The Hall–Kier alpha value is -8.78. The van der Waals surface area contributed by atoms with Gasteiger partial charge in [-0.1, -0.05) is 42.5 Å². The van der Waals surface area contributed by atoms with Crippen LogP contribution in [0.25, 0.3) is 10.9 Å². The second kappa shape index (κ2) is 30.6. The highest BCUT2D eigenvalue weighted by Crippen LogP contribution is 2.20. The third-order valence-electron chi connectivity index (χ3n) is 12.6. The maximum Gasteiger partial charge on any atom is 0.243 e. The van der Waals surface area contributed by atoms with E-state index in [0.29, 0.717) is 11.1 Å². The molecule has 4 rings (SSSR count). The van der Waals surface area contributed by atoms with Crippen LogP contribution in [-0.4, -0.2) is 138 Å². The summed E-state index contributed by atoms with van der Waals surface area (Å²) in [6.07, 6.45) is 0.140. The summed E-state index contributed by atoms with van der Waals surface area (Å²) >= 11 is 0. The Morgan fingerprint density at radius 1 is 0.688 bits per heavy atom. The first-order valence-electron chi connectivity index (χ1n) is 25.3. The number of hydrogen-bond donors (Lipinski definition) is 17. The predicted molar refractivity (Wildman–Crippen MR) is 283 cm³/mol. The van der Waals surface area contributed by atoms with Gasteiger partial charge in [-0.15, -0.1) is 0 Å². The highest BCUT2D eigenvalue weighted by molar-refractivity contribution is 5.98. The molecule has 27 nitrogen and oxygen atoms in total. The van der Waals surface area contributed by atoms with Crippen molar-refractivity contribution in [3.8, 4) is 0 Å². The molecule has 1 fully saturated rings. The van der Waals surface area contributed by atoms with E-state index in [4.69, 9.17) is 33.8 Å². The predicted octanol–water partition coefficient (Wildman–Crippen LogP) is -3.36. The fourth-order valence-corrected chi connectivity index (χ4v) is 8.48. The molecule has 3 aromatic rings. The number of guanidine groups is 2. The topological polar surface area (TPSA) is 459 Å². The second-order valence-corrected chi connectivity index (χ2v) is 18.7. The first-order chi connectivity index (χ1) is 36.6. The Morgan fingerprint density at radius 3 is 1.90 bits per heavy atom. The Morgan fingerprint density at radius 2 is 1.26 bits per heavy atom. The molecule has 77 heavy (non-hydrogen) atoms. The zero-order valence-electron chi connectivity index (χ0n) is 43.2. The van der Waals surface area contributed by atoms with Gasteiger partial charge < -0.3 is 81.1 Å². The number of aryl methyl sites for hydroxylation is 1. The normalized spacial score (nSPS) is 20.8. The number of H-pyrrole nitrogens is 1. The van der Waals surface area contributed by atoms with Crippen LogP contribution in [0.2, 0.25) is 0 Å². The number of para-hydroxylation sites is 1. The van der Waals surface area contributed by atoms with Crippen molar-refractivity contribution >= 4 is 81.9 Å². The second-order valence-electron chi connectivity index (χ2n) is 18.7. The van der Waals surface area contributed by atoms with Gasteiger partial charge in [0.05, 0.1) is 0 Å². The molecule has 2 aromatic carbocycles. The number of rotatable bonds is 19. The highest BCUT2D eigenvalue weighted by atomic mass is 16.2. The standard InChI is InChI=1S/C50H73N17O10/c1-27-10-3-4-11-29(27)24-38-48(77)63-35(16-9-23-59-50(55)56)44(73)67-39(25-30-26-60-32-13-6-5-12-31(30)32)47(76)62-33(42(52)71)14-7-21-57-41(70)20-18-37(45(74)64-36(46(75)66-38)17-19-40(51)69)65-43(72)34(61-28(2)68)15-8-22-58-49(53)54/h3-6,10-13,26,33-39,60H,7-9,14-25H2,1-2H3,(H2,51,69)(H2,52,71)(H,57,70)(H,61,68)(H,62,76)(H,63,77)(H,64,74)(H,65,72)(H,66,75)(H,67,73)(H4,53,54,58)(H4,55,56,59)/t33-,34-,35-,36-,37-,38+,39-/m0/s1. The summed E-state index contributed by atoms with van der Waals surface area (Å²) < 4.78 is 0. The van der Waals surface area contributed by atoms with Gasteiger partial charge >= 0.3 is 0 Å². The summed E-state index contributed by atoms with van der Waals surface area (Å²) in [5.41, 5.74) is 24.9. The molecule has 21 N–H and O–H groups in total. The van der Waals surface area contributed by atoms with Gasteiger partial charge in [0.25, 0.3) is 0 Å². The average molecular weight is 1070 g/mol. The van der Waals surface area contributed by atoms with Crippen molar-refractivity contribution < 1.29 is 47.9 Å². The van der Waals surface area contributed by atoms with E-state index in [9.17, 15) is 47.9 Å². The van der Waals surface area contributed by atoms with E-state index in [1.807, 2.05) is 18.2 Å². The van der Waals surface area contributed by atoms with Crippen LogP contribution in [0.5, 0.6) is 0 Å². The number of carbonyl (C=O) groups is 10. The van der Waals surface area contributed by atoms with E-state index >= 15 is 0 Å². The van der Waals surface area contributed by atoms with Gasteiger partial charge in [-0.2, -0.15) is 0 Å². The van der Waals surface area contributed by atoms with Crippen LogP contribution in [0.1, 0.15) is 87.8 Å². The molecule has 7 atom stereocenters. The molecule has 2 heterocycles. The third kappa shape index (κ3) is 20.8. The summed E-state index contributed by atoms with van der Waals surface area (Å²) in [5, 5.41) is 42.1. The number of aromatic amines is 1. The third-order valence-corrected chi connectivity index (χ3v) is 12.6. The first kappa shape index (κ1) is 60.8. The number of fused-ring (bicyclic) bond motifs is 1. The van der Waals surface area contributed by atoms with Gasteiger partial charge in [0, 0.05) is 69.3 Å². The average Bonchev–Trinajstić information content (AvgIpc) is 3.79. The maximum atomic E-state index is 14.7. The number of nitrogens with one attached hydrogen (secondary N) is 13. The Bertz CT molecular complexity index is 2620. The molecule has 0 aliphatic carbocycles. The largest absolute Gasteiger partial charge is 0.370 e. The lowest BCUT2D eigenvalue weighted by molar-refractivity contribution is -0.136. The lowest BCUT2D eigenvalue weighted by Crippen LogP contribution is -2.60. The van der Waals surface area contributed by atoms with Crippen LogP contribution in [0.4, 0.5) is 0 Å². The van der Waals surface area contributed by atoms with E-state index in [0.717, 1.165) is 16.5 Å². The van der Waals surface area contributed by atoms with Gasteiger partial charge in [0.1, 0.15) is 42.3 Å². The Kier molecular flexibility index (Phi) is 24.1. The van der Waals surface area contributed by atoms with Crippen LogP contribution in [0, 0.1) is 17.7 Å². The summed E-state index contributed by atoms with van der Waals surface area (Å²) in [5.74, 6) is -8.96.